The van der Waals surface area contributed by atoms with Gasteiger partial charge in [-0.2, -0.15) is 0 Å². The summed E-state index contributed by atoms with van der Waals surface area (Å²) in [5, 5.41) is 0. The van der Waals surface area contributed by atoms with Gasteiger partial charge in [0.2, 0.25) is 0 Å². The third-order valence-corrected chi connectivity index (χ3v) is 4.91. The Bertz CT molecular complexity index is 563. The zero-order valence-electron chi connectivity index (χ0n) is 16.1. The highest BCUT2D eigenvalue weighted by Gasteiger charge is 2.14. The van der Waals surface area contributed by atoms with Crippen molar-refractivity contribution in [3.8, 4) is 0 Å². The topological polar surface area (TPSA) is 8.81 Å². The average Bonchev–Trinajstić information content (AvgIpc) is 2.94. The van der Waals surface area contributed by atoms with Gasteiger partial charge in [0, 0.05) is 6.42 Å². The molecule has 0 aliphatic carbocycles. The summed E-state index contributed by atoms with van der Waals surface area (Å²) in [5.41, 5.74) is 1.38. The van der Waals surface area contributed by atoms with Crippen molar-refractivity contribution < 1.29 is 21.5 Å². The van der Waals surface area contributed by atoms with Gasteiger partial charge in [-0.25, -0.2) is 9.13 Å². The second-order valence-corrected chi connectivity index (χ2v) is 7.02. The van der Waals surface area contributed by atoms with Gasteiger partial charge in [-0.15, -0.1) is 0 Å². The van der Waals surface area contributed by atoms with E-state index in [1.807, 2.05) is 0 Å². The minimum absolute atomic E-state index is 0. The molecule has 0 radical (unpaired) electrons. The first-order valence-corrected chi connectivity index (χ1v) is 9.89. The van der Waals surface area contributed by atoms with Crippen LogP contribution in [-0.4, -0.2) is 4.57 Å². The van der Waals surface area contributed by atoms with Crippen molar-refractivity contribution in [3.05, 3.63) is 54.1 Å². The van der Waals surface area contributed by atoms with E-state index in [0.29, 0.717) is 0 Å². The second-order valence-electron chi connectivity index (χ2n) is 7.02. The first kappa shape index (κ1) is 22.0. The minimum atomic E-state index is 0. The molecule has 0 saturated heterocycles. The third-order valence-electron chi connectivity index (χ3n) is 4.91. The highest BCUT2D eigenvalue weighted by atomic mass is 79.9. The van der Waals surface area contributed by atoms with Gasteiger partial charge in [0.25, 0.3) is 5.82 Å². The lowest BCUT2D eigenvalue weighted by Gasteiger charge is -2.04. The monoisotopic (exact) mass is 406 g/mol. The maximum Gasteiger partial charge on any atom is 0.256 e. The molecule has 2 rings (SSSR count). The van der Waals surface area contributed by atoms with Crippen LogP contribution >= 0.6 is 0 Å². The molecule has 0 amide bonds. The van der Waals surface area contributed by atoms with Crippen molar-refractivity contribution in [2.24, 2.45) is 7.05 Å². The molecule has 2 nitrogen and oxygen atoms in total. The minimum Gasteiger partial charge on any atom is -1.00 e. The van der Waals surface area contributed by atoms with Gasteiger partial charge >= 0.3 is 0 Å². The predicted molar refractivity (Wildman–Crippen MR) is 102 cm³/mol. The highest BCUT2D eigenvalue weighted by Crippen LogP contribution is 2.12. The zero-order chi connectivity index (χ0) is 17.0. The third kappa shape index (κ3) is 8.22. The number of aromatic nitrogens is 2. The quantitative estimate of drug-likeness (QED) is 0.378. The van der Waals surface area contributed by atoms with Crippen LogP contribution in [0.3, 0.4) is 0 Å². The number of halogens is 1. The molecule has 0 unspecified atom stereocenters. The first-order chi connectivity index (χ1) is 11.8. The van der Waals surface area contributed by atoms with Crippen LogP contribution in [0.2, 0.25) is 0 Å². The lowest BCUT2D eigenvalue weighted by atomic mass is 10.1. The molecule has 0 bridgehead atoms. The number of hydrogen-bond acceptors (Lipinski definition) is 0. The highest BCUT2D eigenvalue weighted by molar-refractivity contribution is 5.15. The van der Waals surface area contributed by atoms with Crippen molar-refractivity contribution in [1.82, 2.24) is 4.57 Å². The molecular weight excluding hydrogens is 372 g/mol. The summed E-state index contributed by atoms with van der Waals surface area (Å²) in [4.78, 5) is 0. The standard InChI is InChI=1S/C22H35N2.BrH/c1-3-4-5-6-7-8-9-10-14-17-22-23(2)18-19-24(22)20-21-15-12-11-13-16-21;/h11-13,15-16,18-19H,3-10,14,17,20H2,1-2H3;1H/q+1;/p-1. The predicted octanol–water partition coefficient (Wildman–Crippen LogP) is 2.44. The van der Waals surface area contributed by atoms with E-state index in [1.165, 1.54) is 75.6 Å². The van der Waals surface area contributed by atoms with Crippen LogP contribution in [0.1, 0.15) is 76.1 Å². The summed E-state index contributed by atoms with van der Waals surface area (Å²) >= 11 is 0. The van der Waals surface area contributed by atoms with Gasteiger partial charge in [-0.1, -0.05) is 88.6 Å². The molecule has 0 saturated carbocycles. The van der Waals surface area contributed by atoms with Gasteiger partial charge in [0.1, 0.15) is 18.9 Å². The Balaban J connectivity index is 0.00000312. The molecule has 0 aliphatic rings. The number of hydrogen-bond donors (Lipinski definition) is 0. The maximum absolute atomic E-state index is 2.40. The molecular formula is C22H35BrN2. The van der Waals surface area contributed by atoms with Gasteiger partial charge in [-0.3, -0.25) is 0 Å². The van der Waals surface area contributed by atoms with Gasteiger partial charge in [0.05, 0.1) is 7.05 Å². The fraction of sp³-hybridized carbons (Fsp3) is 0.591. The summed E-state index contributed by atoms with van der Waals surface area (Å²) in [5.74, 6) is 1.45. The molecule has 25 heavy (non-hydrogen) atoms. The van der Waals surface area contributed by atoms with Crippen LogP contribution in [0, 0.1) is 0 Å². The van der Waals surface area contributed by atoms with E-state index < -0.39 is 0 Å². The summed E-state index contributed by atoms with van der Waals surface area (Å²) in [6.07, 6.45) is 18.1. The first-order valence-electron chi connectivity index (χ1n) is 9.89. The van der Waals surface area contributed by atoms with E-state index in [9.17, 15) is 0 Å². The molecule has 1 heterocycles. The van der Waals surface area contributed by atoms with E-state index in [4.69, 9.17) is 0 Å². The lowest BCUT2D eigenvalue weighted by Crippen LogP contribution is -3.00. The smallest absolute Gasteiger partial charge is 0.256 e. The Morgan fingerprint density at radius 3 is 2.08 bits per heavy atom. The van der Waals surface area contributed by atoms with Crippen molar-refractivity contribution >= 4 is 0 Å². The number of aryl methyl sites for hydroxylation is 1. The van der Waals surface area contributed by atoms with E-state index >= 15 is 0 Å². The van der Waals surface area contributed by atoms with Crippen molar-refractivity contribution in [2.75, 3.05) is 0 Å². The SMILES string of the molecule is CCCCCCCCCCCc1n(Cc2ccccc2)cc[n+]1C.[Br-]. The lowest BCUT2D eigenvalue weighted by molar-refractivity contribution is -0.678. The average molecular weight is 407 g/mol. The normalized spacial score (nSPS) is 10.6. The van der Waals surface area contributed by atoms with Crippen LogP contribution in [0.4, 0.5) is 0 Å². The molecule has 1 aromatic heterocycles. The summed E-state index contributed by atoms with van der Waals surface area (Å²) in [6.45, 7) is 3.27. The molecule has 0 aliphatic heterocycles. The summed E-state index contributed by atoms with van der Waals surface area (Å²) in [7, 11) is 2.17. The van der Waals surface area contributed by atoms with E-state index in [0.717, 1.165) is 6.54 Å². The number of rotatable bonds is 12. The van der Waals surface area contributed by atoms with E-state index in [2.05, 4.69) is 65.8 Å². The Morgan fingerprint density at radius 2 is 1.44 bits per heavy atom. The molecule has 0 atom stereocenters. The van der Waals surface area contributed by atoms with E-state index in [-0.39, 0.29) is 17.0 Å². The Labute approximate surface area is 165 Å². The molecule has 140 valence electrons. The zero-order valence-corrected chi connectivity index (χ0v) is 17.7. The number of unbranched alkanes of at least 4 members (excludes halogenated alkanes) is 8. The van der Waals surface area contributed by atoms with Crippen LogP contribution in [0.25, 0.3) is 0 Å². The Morgan fingerprint density at radius 1 is 0.840 bits per heavy atom. The van der Waals surface area contributed by atoms with Crippen LogP contribution in [0.15, 0.2) is 42.7 Å². The van der Waals surface area contributed by atoms with Gasteiger partial charge in [-0.05, 0) is 12.0 Å². The second kappa shape index (κ2) is 13.2. The summed E-state index contributed by atoms with van der Waals surface area (Å²) < 4.78 is 4.69. The molecule has 2 aromatic rings. The van der Waals surface area contributed by atoms with Gasteiger partial charge < -0.3 is 17.0 Å². The Kier molecular flexibility index (Phi) is 11.6. The summed E-state index contributed by atoms with van der Waals surface area (Å²) in [6, 6.07) is 10.8. The van der Waals surface area contributed by atoms with Crippen LogP contribution in [-0.2, 0) is 20.0 Å². The maximum atomic E-state index is 2.40. The Hall–Kier alpha value is -1.09. The van der Waals surface area contributed by atoms with Crippen LogP contribution < -0.4 is 21.5 Å². The number of nitrogens with zero attached hydrogens (tertiary/aromatic N) is 2. The van der Waals surface area contributed by atoms with Crippen molar-refractivity contribution in [3.63, 3.8) is 0 Å². The fourth-order valence-electron chi connectivity index (χ4n) is 3.39. The molecule has 0 N–H and O–H groups in total. The number of benzene rings is 1. The largest absolute Gasteiger partial charge is 1.00 e. The van der Waals surface area contributed by atoms with Crippen LogP contribution in [0.5, 0.6) is 0 Å². The molecule has 1 aromatic carbocycles. The van der Waals surface area contributed by atoms with Crippen molar-refractivity contribution in [2.45, 2.75) is 77.7 Å². The molecule has 3 heteroatoms. The molecule has 0 spiro atoms. The fourth-order valence-corrected chi connectivity index (χ4v) is 3.39. The van der Waals surface area contributed by atoms with Gasteiger partial charge in [0.15, 0.2) is 0 Å². The number of imidazole rings is 1. The molecule has 0 fully saturated rings. The van der Waals surface area contributed by atoms with Crippen molar-refractivity contribution in [1.29, 1.82) is 0 Å². The van der Waals surface area contributed by atoms with E-state index in [1.54, 1.807) is 0 Å².